The van der Waals surface area contributed by atoms with Gasteiger partial charge in [0.1, 0.15) is 17.5 Å². The van der Waals surface area contributed by atoms with E-state index in [2.05, 4.69) is 28.7 Å². The molecule has 1 aliphatic carbocycles. The van der Waals surface area contributed by atoms with E-state index in [1.807, 2.05) is 47.1 Å². The molecule has 0 N–H and O–H groups in total. The van der Waals surface area contributed by atoms with Gasteiger partial charge in [-0.3, -0.25) is 9.48 Å². The van der Waals surface area contributed by atoms with Gasteiger partial charge in [0.15, 0.2) is 0 Å². The number of hydrogen-bond donors (Lipinski definition) is 0. The summed E-state index contributed by atoms with van der Waals surface area (Å²) in [5.74, 6) is 1.05. The standard InChI is InChI=1S/C29H29ClN6O/c1-3-26(37)36-17-29(18-36)11-13-35(16-29)28-22(15-31)27(20-6-4-5-7-23(20)30)21-9-8-19(14-24(21)33-28)25-10-12-32-34(25)2/h3-7,10,12,19H,1,8-9,11,13-14,16-18H2,2H3/t19-/m0/s1. The smallest absolute Gasteiger partial charge is 0.245 e. The van der Waals surface area contributed by atoms with Gasteiger partial charge in [-0.15, -0.1) is 0 Å². The fourth-order valence-corrected chi connectivity index (χ4v) is 6.74. The molecule has 1 amide bonds. The van der Waals surface area contributed by atoms with Gasteiger partial charge in [-0.05, 0) is 49.5 Å². The van der Waals surface area contributed by atoms with E-state index in [1.165, 1.54) is 11.8 Å². The third kappa shape index (κ3) is 3.91. The molecule has 7 nitrogen and oxygen atoms in total. The number of benzene rings is 1. The molecule has 3 aliphatic rings. The lowest BCUT2D eigenvalue weighted by molar-refractivity contribution is -0.136. The molecular formula is C29H29ClN6O. The lowest BCUT2D eigenvalue weighted by Gasteiger charge is -2.47. The predicted molar refractivity (Wildman–Crippen MR) is 143 cm³/mol. The van der Waals surface area contributed by atoms with Crippen molar-refractivity contribution in [2.24, 2.45) is 12.5 Å². The molecule has 1 atom stereocenters. The minimum absolute atomic E-state index is 0.0177. The monoisotopic (exact) mass is 512 g/mol. The van der Waals surface area contributed by atoms with E-state index in [9.17, 15) is 10.1 Å². The van der Waals surface area contributed by atoms with Crippen LogP contribution in [0.3, 0.4) is 0 Å². The number of anilines is 1. The van der Waals surface area contributed by atoms with Crippen molar-refractivity contribution in [1.82, 2.24) is 19.7 Å². The number of nitriles is 1. The topological polar surface area (TPSA) is 78.1 Å². The molecule has 0 saturated carbocycles. The Morgan fingerprint density at radius 1 is 1.27 bits per heavy atom. The highest BCUT2D eigenvalue weighted by Crippen LogP contribution is 2.46. The number of carbonyl (C=O) groups is 1. The number of carbonyl (C=O) groups excluding carboxylic acids is 1. The van der Waals surface area contributed by atoms with Crippen molar-refractivity contribution in [2.45, 2.75) is 31.6 Å². The Kier molecular flexibility index (Phi) is 5.80. The quantitative estimate of drug-likeness (QED) is 0.481. The van der Waals surface area contributed by atoms with Gasteiger partial charge in [0.2, 0.25) is 5.91 Å². The van der Waals surface area contributed by atoms with Crippen molar-refractivity contribution in [2.75, 3.05) is 31.1 Å². The second kappa shape index (κ2) is 9.04. The van der Waals surface area contributed by atoms with E-state index in [0.717, 1.165) is 80.1 Å². The second-order valence-corrected chi connectivity index (χ2v) is 11.0. The summed E-state index contributed by atoms with van der Waals surface area (Å²) >= 11 is 6.71. The minimum atomic E-state index is -0.0177. The van der Waals surface area contributed by atoms with Crippen molar-refractivity contribution in [3.63, 3.8) is 0 Å². The molecule has 2 aliphatic heterocycles. The molecule has 188 valence electrons. The van der Waals surface area contributed by atoms with Gasteiger partial charge >= 0.3 is 0 Å². The molecule has 8 heteroatoms. The first-order chi connectivity index (χ1) is 17.9. The summed E-state index contributed by atoms with van der Waals surface area (Å²) in [4.78, 5) is 21.3. The van der Waals surface area contributed by atoms with Crippen LogP contribution < -0.4 is 4.90 Å². The average Bonchev–Trinajstić information content (AvgIpc) is 3.53. The molecule has 1 spiro atoms. The van der Waals surface area contributed by atoms with Gasteiger partial charge in [-0.25, -0.2) is 4.98 Å². The highest BCUT2D eigenvalue weighted by Gasteiger charge is 2.49. The molecule has 3 aromatic rings. The van der Waals surface area contributed by atoms with Crippen LogP contribution in [0.5, 0.6) is 0 Å². The molecule has 1 aromatic carbocycles. The number of pyridine rings is 1. The van der Waals surface area contributed by atoms with E-state index in [0.29, 0.717) is 16.5 Å². The Balaban J connectivity index is 1.42. The number of nitrogens with zero attached hydrogens (tertiary/aromatic N) is 6. The number of aromatic nitrogens is 3. The zero-order chi connectivity index (χ0) is 25.7. The molecule has 0 bridgehead atoms. The van der Waals surface area contributed by atoms with Crippen LogP contribution in [0.4, 0.5) is 5.82 Å². The van der Waals surface area contributed by atoms with Gasteiger partial charge in [0.05, 0.1) is 0 Å². The van der Waals surface area contributed by atoms with Gasteiger partial charge < -0.3 is 9.80 Å². The van der Waals surface area contributed by atoms with E-state index in [1.54, 1.807) is 0 Å². The lowest BCUT2D eigenvalue weighted by Crippen LogP contribution is -2.59. The maximum atomic E-state index is 12.1. The molecular weight excluding hydrogens is 484 g/mol. The van der Waals surface area contributed by atoms with Crippen LogP contribution in [0, 0.1) is 16.7 Å². The summed E-state index contributed by atoms with van der Waals surface area (Å²) in [5, 5.41) is 15.5. The first-order valence-electron chi connectivity index (χ1n) is 12.8. The molecule has 2 saturated heterocycles. The molecule has 0 radical (unpaired) electrons. The zero-order valence-electron chi connectivity index (χ0n) is 21.0. The summed E-state index contributed by atoms with van der Waals surface area (Å²) in [6.45, 7) is 6.65. The van der Waals surface area contributed by atoms with Crippen LogP contribution in [-0.4, -0.2) is 51.8 Å². The van der Waals surface area contributed by atoms with Crippen molar-refractivity contribution < 1.29 is 4.79 Å². The Bertz CT molecular complexity index is 1450. The molecule has 4 heterocycles. The summed E-state index contributed by atoms with van der Waals surface area (Å²) in [6.07, 6.45) is 6.79. The maximum absolute atomic E-state index is 12.1. The van der Waals surface area contributed by atoms with Crippen molar-refractivity contribution >= 4 is 23.3 Å². The van der Waals surface area contributed by atoms with Crippen LogP contribution in [0.15, 0.2) is 49.2 Å². The lowest BCUT2D eigenvalue weighted by atomic mass is 9.79. The Labute approximate surface area is 222 Å². The number of halogens is 1. The fraction of sp³-hybridized carbons (Fsp3) is 0.379. The average molecular weight is 513 g/mol. The SMILES string of the molecule is C=CC(=O)N1CC2(CCN(c3nc4c(c(-c5ccccc5Cl)c3C#N)CC[C@H](c3ccnn3C)C4)C2)C1. The van der Waals surface area contributed by atoms with Crippen molar-refractivity contribution in [1.29, 1.82) is 5.26 Å². The van der Waals surface area contributed by atoms with Crippen LogP contribution >= 0.6 is 11.6 Å². The minimum Gasteiger partial charge on any atom is -0.355 e. The number of aryl methyl sites for hydroxylation is 1. The first kappa shape index (κ1) is 23.7. The number of amides is 1. The predicted octanol–water partition coefficient (Wildman–Crippen LogP) is 4.50. The van der Waals surface area contributed by atoms with E-state index in [-0.39, 0.29) is 11.3 Å². The molecule has 37 heavy (non-hydrogen) atoms. The van der Waals surface area contributed by atoms with Gasteiger partial charge in [-0.1, -0.05) is 36.4 Å². The first-order valence-corrected chi connectivity index (χ1v) is 13.2. The molecule has 2 aromatic heterocycles. The third-order valence-electron chi connectivity index (χ3n) is 8.36. The molecule has 0 unspecified atom stereocenters. The van der Waals surface area contributed by atoms with Crippen molar-refractivity contribution in [3.8, 4) is 17.2 Å². The normalized spacial score (nSPS) is 19.9. The summed E-state index contributed by atoms with van der Waals surface area (Å²) in [7, 11) is 1.99. The van der Waals surface area contributed by atoms with E-state index in [4.69, 9.17) is 16.6 Å². The van der Waals surface area contributed by atoms with Gasteiger partial charge in [-0.2, -0.15) is 10.4 Å². The summed E-state index contributed by atoms with van der Waals surface area (Å²) in [5.41, 5.74) is 5.84. The van der Waals surface area contributed by atoms with Crippen molar-refractivity contribution in [3.05, 3.63) is 76.7 Å². The van der Waals surface area contributed by atoms with Crippen LogP contribution in [-0.2, 0) is 24.7 Å². The van der Waals surface area contributed by atoms with E-state index < -0.39 is 0 Å². The third-order valence-corrected chi connectivity index (χ3v) is 8.69. The number of likely N-dealkylation sites (tertiary alicyclic amines) is 1. The number of rotatable bonds is 4. The van der Waals surface area contributed by atoms with Gasteiger partial charge in [0.25, 0.3) is 0 Å². The summed E-state index contributed by atoms with van der Waals surface area (Å²) in [6, 6.07) is 12.4. The van der Waals surface area contributed by atoms with E-state index >= 15 is 0 Å². The number of fused-ring (bicyclic) bond motifs is 1. The molecule has 2 fully saturated rings. The van der Waals surface area contributed by atoms with Crippen LogP contribution in [0.2, 0.25) is 5.02 Å². The Morgan fingerprint density at radius 3 is 2.78 bits per heavy atom. The van der Waals surface area contributed by atoms with Gasteiger partial charge in [0, 0.05) is 78.3 Å². The Morgan fingerprint density at radius 2 is 2.08 bits per heavy atom. The summed E-state index contributed by atoms with van der Waals surface area (Å²) < 4.78 is 1.95. The second-order valence-electron chi connectivity index (χ2n) is 10.6. The van der Waals surface area contributed by atoms with Crippen LogP contribution in [0.1, 0.15) is 41.3 Å². The fourth-order valence-electron chi connectivity index (χ4n) is 6.51. The maximum Gasteiger partial charge on any atom is 0.245 e. The highest BCUT2D eigenvalue weighted by molar-refractivity contribution is 6.33. The Hall–Kier alpha value is -3.63. The molecule has 6 rings (SSSR count). The largest absolute Gasteiger partial charge is 0.355 e. The highest BCUT2D eigenvalue weighted by atomic mass is 35.5. The zero-order valence-corrected chi connectivity index (χ0v) is 21.7. The number of hydrogen-bond acceptors (Lipinski definition) is 5. The van der Waals surface area contributed by atoms with Crippen LogP contribution in [0.25, 0.3) is 11.1 Å².